The van der Waals surface area contributed by atoms with Crippen LogP contribution >= 0.6 is 0 Å². The monoisotopic (exact) mass is 202 g/mol. The predicted octanol–water partition coefficient (Wildman–Crippen LogP) is 3.13. The third-order valence-corrected chi connectivity index (χ3v) is 1.73. The van der Waals surface area contributed by atoms with Crippen LogP contribution in [0.2, 0.25) is 0 Å². The minimum absolute atomic E-state index is 0.105. The van der Waals surface area contributed by atoms with Crippen molar-refractivity contribution >= 4 is 5.78 Å². The molecule has 0 atom stereocenters. The number of rotatable bonds is 2. The summed E-state index contributed by atoms with van der Waals surface area (Å²) < 4.78 is 35.6. The maximum atomic E-state index is 11.9. The number of hydrogen-bond acceptors (Lipinski definition) is 1. The van der Waals surface area contributed by atoms with Gasteiger partial charge in [0.15, 0.2) is 5.78 Å². The highest BCUT2D eigenvalue weighted by Gasteiger charge is 2.31. The van der Waals surface area contributed by atoms with E-state index >= 15 is 0 Å². The van der Waals surface area contributed by atoms with Crippen LogP contribution in [0.25, 0.3) is 0 Å². The summed E-state index contributed by atoms with van der Waals surface area (Å²) in [6, 6.07) is 6.04. The largest absolute Gasteiger partial charge is 0.396 e. The molecule has 0 bridgehead atoms. The van der Waals surface area contributed by atoms with Crippen LogP contribution in [-0.4, -0.2) is 12.0 Å². The molecule has 76 valence electrons. The van der Waals surface area contributed by atoms with Crippen LogP contribution in [-0.2, 0) is 0 Å². The van der Waals surface area contributed by atoms with Crippen LogP contribution in [0.1, 0.15) is 22.3 Å². The van der Waals surface area contributed by atoms with Gasteiger partial charge >= 0.3 is 6.18 Å². The number of ketones is 1. The zero-order valence-electron chi connectivity index (χ0n) is 7.56. The normalized spacial score (nSPS) is 11.4. The Balaban J connectivity index is 2.76. The van der Waals surface area contributed by atoms with Crippen molar-refractivity contribution in [3.8, 4) is 0 Å². The molecule has 1 rings (SSSR count). The van der Waals surface area contributed by atoms with E-state index in [0.29, 0.717) is 0 Å². The van der Waals surface area contributed by atoms with Gasteiger partial charge in [0.2, 0.25) is 0 Å². The molecule has 4 heteroatoms. The molecule has 0 unspecified atom stereocenters. The Morgan fingerprint density at radius 1 is 1.21 bits per heavy atom. The number of alkyl halides is 3. The van der Waals surface area contributed by atoms with Crippen LogP contribution in [0.5, 0.6) is 0 Å². The van der Waals surface area contributed by atoms with E-state index in [0.717, 1.165) is 5.56 Å². The Bertz CT molecular complexity index is 324. The van der Waals surface area contributed by atoms with Gasteiger partial charge < -0.3 is 0 Å². The first-order valence-corrected chi connectivity index (χ1v) is 4.05. The molecular weight excluding hydrogens is 193 g/mol. The number of halogens is 3. The second-order valence-electron chi connectivity index (χ2n) is 3.08. The molecule has 0 aromatic heterocycles. The number of Topliss-reactive ketones (excluding diaryl/α,β-unsaturated/α-hetero) is 1. The first-order valence-electron chi connectivity index (χ1n) is 4.05. The quantitative estimate of drug-likeness (QED) is 0.673. The van der Waals surface area contributed by atoms with E-state index in [2.05, 4.69) is 0 Å². The number of hydrogen-bond donors (Lipinski definition) is 0. The summed E-state index contributed by atoms with van der Waals surface area (Å²) in [6.07, 6.45) is -5.82. The van der Waals surface area contributed by atoms with Crippen LogP contribution in [0.4, 0.5) is 13.2 Å². The van der Waals surface area contributed by atoms with Crippen molar-refractivity contribution in [2.75, 3.05) is 0 Å². The SMILES string of the molecule is Cc1ccc(C(=O)CC(F)(F)F)cc1. The molecule has 0 spiro atoms. The van der Waals surface area contributed by atoms with Crippen LogP contribution in [0.3, 0.4) is 0 Å². The van der Waals surface area contributed by atoms with Crippen LogP contribution in [0.15, 0.2) is 24.3 Å². The van der Waals surface area contributed by atoms with Gasteiger partial charge in [-0.05, 0) is 6.92 Å². The molecule has 0 radical (unpaired) electrons. The van der Waals surface area contributed by atoms with Gasteiger partial charge in [0.1, 0.15) is 6.42 Å². The first kappa shape index (κ1) is 10.8. The van der Waals surface area contributed by atoms with Gasteiger partial charge in [0, 0.05) is 5.56 Å². The second-order valence-corrected chi connectivity index (χ2v) is 3.08. The summed E-state index contributed by atoms with van der Waals surface area (Å²) in [5.41, 5.74) is 1.02. The fourth-order valence-electron chi connectivity index (χ4n) is 1.02. The van der Waals surface area contributed by atoms with Gasteiger partial charge in [-0.3, -0.25) is 4.79 Å². The minimum Gasteiger partial charge on any atom is -0.294 e. The second kappa shape index (κ2) is 3.82. The molecule has 1 nitrogen and oxygen atoms in total. The molecule has 1 aromatic rings. The van der Waals surface area contributed by atoms with Crippen LogP contribution in [0, 0.1) is 6.92 Å². The molecule has 1 aromatic carbocycles. The lowest BCUT2D eigenvalue weighted by Crippen LogP contribution is -2.14. The Morgan fingerprint density at radius 3 is 2.14 bits per heavy atom. The lowest BCUT2D eigenvalue weighted by atomic mass is 10.1. The standard InChI is InChI=1S/C10H9F3O/c1-7-2-4-8(5-3-7)9(14)6-10(11,12)13/h2-5H,6H2,1H3. The Kier molecular flexibility index (Phi) is 2.93. The van der Waals surface area contributed by atoms with E-state index in [1.165, 1.54) is 12.1 Å². The highest BCUT2D eigenvalue weighted by Crippen LogP contribution is 2.22. The fourth-order valence-corrected chi connectivity index (χ4v) is 1.02. The summed E-state index contributed by atoms with van der Waals surface area (Å²) in [5, 5.41) is 0. The lowest BCUT2D eigenvalue weighted by Gasteiger charge is -2.05. The third-order valence-electron chi connectivity index (χ3n) is 1.73. The molecule has 0 heterocycles. The molecule has 0 saturated carbocycles. The Morgan fingerprint density at radius 2 is 1.71 bits per heavy atom. The molecular formula is C10H9F3O. The highest BCUT2D eigenvalue weighted by molar-refractivity contribution is 5.96. The van der Waals surface area contributed by atoms with Gasteiger partial charge in [-0.2, -0.15) is 13.2 Å². The molecule has 0 aliphatic heterocycles. The van der Waals surface area contributed by atoms with Crippen molar-refractivity contribution in [2.24, 2.45) is 0 Å². The smallest absolute Gasteiger partial charge is 0.294 e. The van der Waals surface area contributed by atoms with E-state index in [4.69, 9.17) is 0 Å². The van der Waals surface area contributed by atoms with Crippen molar-refractivity contribution in [1.82, 2.24) is 0 Å². The van der Waals surface area contributed by atoms with Crippen molar-refractivity contribution in [3.63, 3.8) is 0 Å². The minimum atomic E-state index is -4.43. The van der Waals surface area contributed by atoms with Gasteiger partial charge in [-0.15, -0.1) is 0 Å². The molecule has 0 aliphatic rings. The van der Waals surface area contributed by atoms with Crippen molar-refractivity contribution in [1.29, 1.82) is 0 Å². The summed E-state index contributed by atoms with van der Waals surface area (Å²) in [4.78, 5) is 11.1. The predicted molar refractivity (Wildman–Crippen MR) is 46.2 cm³/mol. The average Bonchev–Trinajstić information content (AvgIpc) is 2.02. The molecule has 0 aliphatic carbocycles. The fraction of sp³-hybridized carbons (Fsp3) is 0.300. The topological polar surface area (TPSA) is 17.1 Å². The molecule has 14 heavy (non-hydrogen) atoms. The number of carbonyl (C=O) groups is 1. The first-order chi connectivity index (χ1) is 6.38. The number of benzene rings is 1. The van der Waals surface area contributed by atoms with E-state index in [1.807, 2.05) is 0 Å². The molecule has 0 saturated heterocycles. The van der Waals surface area contributed by atoms with Crippen molar-refractivity contribution in [3.05, 3.63) is 35.4 Å². The highest BCUT2D eigenvalue weighted by atomic mass is 19.4. The van der Waals surface area contributed by atoms with E-state index in [1.54, 1.807) is 19.1 Å². The number of carbonyl (C=O) groups excluding carboxylic acids is 1. The molecule has 0 N–H and O–H groups in total. The maximum Gasteiger partial charge on any atom is 0.396 e. The average molecular weight is 202 g/mol. The van der Waals surface area contributed by atoms with Crippen LogP contribution < -0.4 is 0 Å². The zero-order valence-corrected chi connectivity index (χ0v) is 7.56. The van der Waals surface area contributed by atoms with Gasteiger partial charge in [-0.25, -0.2) is 0 Å². The van der Waals surface area contributed by atoms with Gasteiger partial charge in [0.05, 0.1) is 0 Å². The van der Waals surface area contributed by atoms with E-state index in [9.17, 15) is 18.0 Å². The van der Waals surface area contributed by atoms with E-state index < -0.39 is 18.4 Å². The van der Waals surface area contributed by atoms with Crippen molar-refractivity contribution < 1.29 is 18.0 Å². The Labute approximate surface area is 79.5 Å². The summed E-state index contributed by atoms with van der Waals surface area (Å²) in [7, 11) is 0. The maximum absolute atomic E-state index is 11.9. The summed E-state index contributed by atoms with van der Waals surface area (Å²) >= 11 is 0. The van der Waals surface area contributed by atoms with Crippen molar-refractivity contribution in [2.45, 2.75) is 19.5 Å². The zero-order chi connectivity index (χ0) is 10.8. The molecule has 0 amide bonds. The Hall–Kier alpha value is -1.32. The lowest BCUT2D eigenvalue weighted by molar-refractivity contribution is -0.125. The third kappa shape index (κ3) is 3.20. The summed E-state index contributed by atoms with van der Waals surface area (Å²) in [6.45, 7) is 1.80. The molecule has 0 fully saturated rings. The van der Waals surface area contributed by atoms with Gasteiger partial charge in [-0.1, -0.05) is 29.8 Å². The summed E-state index contributed by atoms with van der Waals surface area (Å²) in [5.74, 6) is -0.891. The van der Waals surface area contributed by atoms with Gasteiger partial charge in [0.25, 0.3) is 0 Å². The number of aryl methyl sites for hydroxylation is 1. The van der Waals surface area contributed by atoms with E-state index in [-0.39, 0.29) is 5.56 Å².